The van der Waals surface area contributed by atoms with Crippen molar-refractivity contribution in [3.05, 3.63) is 65.2 Å². The van der Waals surface area contributed by atoms with Gasteiger partial charge in [-0.2, -0.15) is 0 Å². The number of phenolic OH excluding ortho intramolecular Hbond substituents is 2. The fraction of sp³-hybridized carbons (Fsp3) is 0.261. The van der Waals surface area contributed by atoms with Gasteiger partial charge in [0.05, 0.1) is 5.75 Å². The summed E-state index contributed by atoms with van der Waals surface area (Å²) in [5.74, 6) is 0.291. The van der Waals surface area contributed by atoms with Crippen LogP contribution in [0.2, 0.25) is 0 Å². The van der Waals surface area contributed by atoms with Gasteiger partial charge >= 0.3 is 0 Å². The molecule has 3 aromatic carbocycles. The van der Waals surface area contributed by atoms with Gasteiger partial charge in [-0.15, -0.1) is 0 Å². The molecule has 0 bridgehead atoms. The zero-order valence-electron chi connectivity index (χ0n) is 17.3. The third-order valence-electron chi connectivity index (χ3n) is 4.45. The molecule has 3 rings (SSSR count). The van der Waals surface area contributed by atoms with Gasteiger partial charge in [-0.3, -0.25) is 5.26 Å². The van der Waals surface area contributed by atoms with Crippen molar-refractivity contribution in [2.45, 2.75) is 39.7 Å². The number of rotatable bonds is 4. The molecule has 6 nitrogen and oxygen atoms in total. The van der Waals surface area contributed by atoms with Crippen LogP contribution in [-0.2, 0) is 39.1 Å². The molecular formula is C23H25CrO6-. The predicted molar refractivity (Wildman–Crippen MR) is 111 cm³/mol. The maximum Gasteiger partial charge on any atom is 0.170 e. The van der Waals surface area contributed by atoms with E-state index in [-0.39, 0.29) is 46.6 Å². The van der Waals surface area contributed by atoms with Gasteiger partial charge in [-0.25, -0.2) is 4.89 Å². The van der Waals surface area contributed by atoms with Crippen LogP contribution in [0.5, 0.6) is 17.2 Å². The van der Waals surface area contributed by atoms with Crippen molar-refractivity contribution in [2.24, 2.45) is 0 Å². The monoisotopic (exact) mass is 449 g/mol. The molecule has 0 saturated carbocycles. The minimum Gasteiger partial charge on any atom is -0.607 e. The second-order valence-corrected chi connectivity index (χ2v) is 7.68. The van der Waals surface area contributed by atoms with Crippen molar-refractivity contribution in [3.8, 4) is 17.2 Å². The number of aromatic hydroxyl groups is 2. The largest absolute Gasteiger partial charge is 0.607 e. The number of aryl methyl sites for hydroxylation is 1. The Hall–Kier alpha value is -2.56. The summed E-state index contributed by atoms with van der Waals surface area (Å²) < 4.78 is 4.60. The summed E-state index contributed by atoms with van der Waals surface area (Å²) >= 11 is 0. The smallest absolute Gasteiger partial charge is 0.170 e. The van der Waals surface area contributed by atoms with E-state index in [4.69, 9.17) is 5.26 Å². The van der Waals surface area contributed by atoms with Crippen LogP contribution in [0.3, 0.4) is 0 Å². The Balaban J connectivity index is 0.000000291. The maximum absolute atomic E-state index is 10.1. The first-order valence-electron chi connectivity index (χ1n) is 9.02. The average Bonchev–Trinajstić information content (AvgIpc) is 2.66. The first-order valence-corrected chi connectivity index (χ1v) is 9.02. The number of hydrogen-bond donors (Lipinski definition) is 3. The van der Waals surface area contributed by atoms with Gasteiger partial charge in [0.15, 0.2) is 6.47 Å². The molecule has 0 radical (unpaired) electrons. The van der Waals surface area contributed by atoms with E-state index in [1.54, 1.807) is 25.1 Å². The maximum atomic E-state index is 10.1. The first-order chi connectivity index (χ1) is 13.7. The predicted octanol–water partition coefficient (Wildman–Crippen LogP) is 4.98. The standard InChI is InChI=1S/C12H15O3.C11H10O3.Cr/c1-8-5-9(12(2,3)4)6-10(11(8)14)15-7-13;12-11-6-9-4-2-1-3-8(9)5-10(11)7-14-13;/h5-6,14H,1-4H3;1-6,12-13H,7H2;/q-1;;. The fourth-order valence-corrected chi connectivity index (χ4v) is 2.76. The van der Waals surface area contributed by atoms with Gasteiger partial charge in [0.25, 0.3) is 0 Å². The van der Waals surface area contributed by atoms with E-state index in [1.165, 1.54) is 6.47 Å². The van der Waals surface area contributed by atoms with E-state index in [2.05, 4.69) is 9.62 Å². The van der Waals surface area contributed by atoms with Crippen molar-refractivity contribution < 1.29 is 47.3 Å². The molecule has 0 fully saturated rings. The Bertz CT molecular complexity index is 995. The van der Waals surface area contributed by atoms with Gasteiger partial charge in [0, 0.05) is 28.7 Å². The average molecular weight is 449 g/mol. The number of carbonyl (C=O) groups excluding carboxylic acids is 1. The van der Waals surface area contributed by atoms with E-state index < -0.39 is 0 Å². The SMILES string of the molecule is Cc1cc(C(C)(C)C)cc(O[C-]=O)c1O.OOCc1cc2ccccc2cc1O.[Cr]. The van der Waals surface area contributed by atoms with E-state index in [9.17, 15) is 15.0 Å². The summed E-state index contributed by atoms with van der Waals surface area (Å²) in [6.45, 7) is 9.23. The molecule has 30 heavy (non-hydrogen) atoms. The van der Waals surface area contributed by atoms with Crippen LogP contribution in [-0.4, -0.2) is 21.9 Å². The molecule has 0 aliphatic carbocycles. The Labute approximate surface area is 186 Å². The minimum absolute atomic E-state index is 0. The summed E-state index contributed by atoms with van der Waals surface area (Å²) in [7, 11) is 0. The van der Waals surface area contributed by atoms with Crippen molar-refractivity contribution in [1.82, 2.24) is 0 Å². The molecule has 0 heterocycles. The Kier molecular flexibility index (Phi) is 9.34. The third-order valence-corrected chi connectivity index (χ3v) is 4.45. The topological polar surface area (TPSA) is 96.2 Å². The van der Waals surface area contributed by atoms with Crippen LogP contribution in [0.1, 0.15) is 37.5 Å². The summed E-state index contributed by atoms with van der Waals surface area (Å²) in [6, 6.07) is 14.7. The Morgan fingerprint density at radius 1 is 1.00 bits per heavy atom. The first kappa shape index (κ1) is 25.5. The van der Waals surface area contributed by atoms with Crippen LogP contribution in [0.25, 0.3) is 10.8 Å². The van der Waals surface area contributed by atoms with Crippen LogP contribution in [0, 0.1) is 6.92 Å². The number of ether oxygens (including phenoxy) is 1. The molecule has 0 aliphatic rings. The molecule has 0 unspecified atom stereocenters. The van der Waals surface area contributed by atoms with Crippen molar-refractivity contribution in [2.75, 3.05) is 0 Å². The minimum atomic E-state index is -0.0561. The number of fused-ring (bicyclic) bond motifs is 1. The molecule has 0 saturated heterocycles. The third kappa shape index (κ3) is 6.48. The number of phenols is 2. The van der Waals surface area contributed by atoms with Gasteiger partial charge in [-0.1, -0.05) is 62.7 Å². The van der Waals surface area contributed by atoms with Crippen LogP contribution >= 0.6 is 0 Å². The summed E-state index contributed by atoms with van der Waals surface area (Å²) in [5, 5.41) is 29.4. The molecule has 3 aromatic rings. The summed E-state index contributed by atoms with van der Waals surface area (Å²) in [5.41, 5.74) is 2.21. The molecule has 0 aliphatic heterocycles. The zero-order valence-corrected chi connectivity index (χ0v) is 18.6. The Morgan fingerprint density at radius 2 is 1.60 bits per heavy atom. The number of hydrogen-bond acceptors (Lipinski definition) is 6. The van der Waals surface area contributed by atoms with E-state index in [1.807, 2.05) is 51.1 Å². The molecule has 0 aromatic heterocycles. The van der Waals surface area contributed by atoms with Gasteiger partial charge in [0.1, 0.15) is 12.4 Å². The fourth-order valence-electron chi connectivity index (χ4n) is 2.76. The molecule has 160 valence electrons. The van der Waals surface area contributed by atoms with Gasteiger partial charge in [-0.05, 0) is 40.8 Å². The summed E-state index contributed by atoms with van der Waals surface area (Å²) in [4.78, 5) is 14.1. The molecule has 0 amide bonds. The van der Waals surface area contributed by atoms with Gasteiger partial charge < -0.3 is 19.7 Å². The molecule has 0 spiro atoms. The van der Waals surface area contributed by atoms with Crippen LogP contribution in [0.15, 0.2) is 48.5 Å². The second-order valence-electron chi connectivity index (χ2n) is 7.68. The quantitative estimate of drug-likeness (QED) is 0.296. The molecule has 3 N–H and O–H groups in total. The molecular weight excluding hydrogens is 424 g/mol. The second kappa shape index (κ2) is 11.0. The molecule has 7 heteroatoms. The zero-order chi connectivity index (χ0) is 21.6. The Morgan fingerprint density at radius 3 is 2.13 bits per heavy atom. The van der Waals surface area contributed by atoms with Crippen molar-refractivity contribution in [3.63, 3.8) is 0 Å². The van der Waals surface area contributed by atoms with Crippen LogP contribution < -0.4 is 4.74 Å². The van der Waals surface area contributed by atoms with Crippen LogP contribution in [0.4, 0.5) is 0 Å². The van der Waals surface area contributed by atoms with Gasteiger partial charge in [0.2, 0.25) is 0 Å². The van der Waals surface area contributed by atoms with E-state index in [0.29, 0.717) is 11.1 Å². The van der Waals surface area contributed by atoms with Crippen molar-refractivity contribution in [1.29, 1.82) is 0 Å². The number of benzene rings is 3. The van der Waals surface area contributed by atoms with E-state index in [0.717, 1.165) is 16.3 Å². The summed E-state index contributed by atoms with van der Waals surface area (Å²) in [6.07, 6.45) is 0. The van der Waals surface area contributed by atoms with Crippen molar-refractivity contribution >= 4 is 17.2 Å². The van der Waals surface area contributed by atoms with E-state index >= 15 is 0 Å². The molecule has 0 atom stereocenters. The normalized spacial score (nSPS) is 10.6.